The summed E-state index contributed by atoms with van der Waals surface area (Å²) < 4.78 is 45.4. The Kier molecular flexibility index (Phi) is 3.77. The Morgan fingerprint density at radius 3 is 2.95 bits per heavy atom. The number of rotatable bonds is 1. The van der Waals surface area contributed by atoms with Gasteiger partial charge in [-0.25, -0.2) is 9.97 Å². The van der Waals surface area contributed by atoms with E-state index in [0.29, 0.717) is 10.2 Å². The Morgan fingerprint density at radius 1 is 1.45 bits per heavy atom. The molecule has 22 heavy (non-hydrogen) atoms. The van der Waals surface area contributed by atoms with Crippen LogP contribution in [-0.2, 0) is 4.74 Å². The zero-order chi connectivity index (χ0) is 15.9. The lowest BCUT2D eigenvalue weighted by atomic mass is 10.1. The molecule has 118 valence electrons. The van der Waals surface area contributed by atoms with Crippen molar-refractivity contribution in [3.05, 3.63) is 23.5 Å². The number of nitrogens with zero attached hydrogens (tertiary/aromatic N) is 3. The normalized spacial score (nSPS) is 23.0. The molecule has 3 rings (SSSR count). The van der Waals surface area contributed by atoms with Crippen molar-refractivity contribution < 1.29 is 22.7 Å². The summed E-state index contributed by atoms with van der Waals surface area (Å²) in [5.74, 6) is -0.743. The molecule has 3 heterocycles. The van der Waals surface area contributed by atoms with E-state index in [0.717, 1.165) is 4.90 Å². The molecule has 0 spiro atoms. The summed E-state index contributed by atoms with van der Waals surface area (Å²) in [6.07, 6.45) is -4.48. The van der Waals surface area contributed by atoms with Crippen LogP contribution in [0.2, 0.25) is 0 Å². The molecule has 0 bridgehead atoms. The van der Waals surface area contributed by atoms with Crippen molar-refractivity contribution in [2.24, 2.45) is 0 Å². The third-order valence-electron chi connectivity index (χ3n) is 3.54. The monoisotopic (exact) mass is 331 g/mol. The van der Waals surface area contributed by atoms with Gasteiger partial charge in [-0.2, -0.15) is 13.2 Å². The van der Waals surface area contributed by atoms with Gasteiger partial charge in [0, 0.05) is 6.54 Å². The zero-order valence-electron chi connectivity index (χ0n) is 11.5. The fraction of sp³-hybridized carbons (Fsp3) is 0.462. The van der Waals surface area contributed by atoms with Crippen molar-refractivity contribution in [2.75, 3.05) is 13.2 Å². The van der Waals surface area contributed by atoms with Crippen molar-refractivity contribution in [3.63, 3.8) is 0 Å². The Bertz CT molecular complexity index is 703. The highest BCUT2D eigenvalue weighted by Gasteiger charge is 2.51. The first-order valence-corrected chi connectivity index (χ1v) is 7.45. The van der Waals surface area contributed by atoms with E-state index in [9.17, 15) is 18.0 Å². The number of hydrogen-bond donors (Lipinski definition) is 0. The first-order chi connectivity index (χ1) is 10.4. The minimum Gasteiger partial charge on any atom is -0.374 e. The molecule has 5 nitrogen and oxygen atoms in total. The number of carbonyl (C=O) groups is 1. The molecule has 0 aliphatic carbocycles. The summed E-state index contributed by atoms with van der Waals surface area (Å²) in [7, 11) is 0. The standard InChI is InChI=1S/C13H12F3N3O2S/c1-7-11(13(14,15)16)19(3-4-21-7)12(20)9-10-8(2-5-22-10)17-6-18-9/h2,5-7,11H,3-4H2,1H3/t7-,11-/m0/s1. The SMILES string of the molecule is C[C@@H]1OCCN(C(=O)c2ncnc3ccsc23)[C@@H]1C(F)(F)F. The van der Waals surface area contributed by atoms with Gasteiger partial charge < -0.3 is 9.64 Å². The smallest absolute Gasteiger partial charge is 0.374 e. The predicted octanol–water partition coefficient (Wildman–Crippen LogP) is 2.48. The molecule has 2 aromatic rings. The van der Waals surface area contributed by atoms with Gasteiger partial charge in [-0.05, 0) is 18.4 Å². The van der Waals surface area contributed by atoms with E-state index in [-0.39, 0.29) is 18.8 Å². The van der Waals surface area contributed by atoms with Gasteiger partial charge in [0.15, 0.2) is 6.04 Å². The molecule has 0 radical (unpaired) electrons. The van der Waals surface area contributed by atoms with Crippen molar-refractivity contribution >= 4 is 27.5 Å². The highest BCUT2D eigenvalue weighted by atomic mass is 32.1. The molecule has 1 aliphatic rings. The zero-order valence-corrected chi connectivity index (χ0v) is 12.3. The third-order valence-corrected chi connectivity index (χ3v) is 4.45. The second kappa shape index (κ2) is 5.47. The first-order valence-electron chi connectivity index (χ1n) is 6.57. The second-order valence-corrected chi connectivity index (χ2v) is 5.83. The predicted molar refractivity (Wildman–Crippen MR) is 73.7 cm³/mol. The Hall–Kier alpha value is -1.74. The van der Waals surface area contributed by atoms with Crippen LogP contribution in [0.25, 0.3) is 10.2 Å². The number of ether oxygens (including phenoxy) is 1. The van der Waals surface area contributed by atoms with Crippen molar-refractivity contribution in [1.82, 2.24) is 14.9 Å². The minimum atomic E-state index is -4.56. The number of thiophene rings is 1. The number of halogens is 3. The number of aromatic nitrogens is 2. The van der Waals surface area contributed by atoms with Crippen molar-refractivity contribution in [1.29, 1.82) is 0 Å². The van der Waals surface area contributed by atoms with E-state index in [1.807, 2.05) is 0 Å². The van der Waals surface area contributed by atoms with E-state index in [4.69, 9.17) is 4.74 Å². The van der Waals surface area contributed by atoms with Crippen molar-refractivity contribution in [2.45, 2.75) is 25.2 Å². The van der Waals surface area contributed by atoms with Gasteiger partial charge >= 0.3 is 6.18 Å². The van der Waals surface area contributed by atoms with Crippen LogP contribution in [0, 0.1) is 0 Å². The van der Waals surface area contributed by atoms with Crippen LogP contribution in [0.3, 0.4) is 0 Å². The third kappa shape index (κ3) is 2.54. The van der Waals surface area contributed by atoms with Gasteiger partial charge in [-0.1, -0.05) is 0 Å². The molecule has 0 saturated carbocycles. The molecule has 1 aliphatic heterocycles. The van der Waals surface area contributed by atoms with Gasteiger partial charge in [0.25, 0.3) is 5.91 Å². The molecule has 0 unspecified atom stereocenters. The van der Waals surface area contributed by atoms with Gasteiger partial charge in [0.1, 0.15) is 12.0 Å². The quantitative estimate of drug-likeness (QED) is 0.806. The topological polar surface area (TPSA) is 55.3 Å². The van der Waals surface area contributed by atoms with Crippen LogP contribution < -0.4 is 0 Å². The molecule has 2 aromatic heterocycles. The highest BCUT2D eigenvalue weighted by molar-refractivity contribution is 7.17. The fourth-order valence-corrected chi connectivity index (χ4v) is 3.39. The largest absolute Gasteiger partial charge is 0.411 e. The number of morpholine rings is 1. The Balaban J connectivity index is 2.01. The molecule has 0 N–H and O–H groups in total. The lowest BCUT2D eigenvalue weighted by Gasteiger charge is -2.40. The number of alkyl halides is 3. The van der Waals surface area contributed by atoms with Crippen LogP contribution in [0.15, 0.2) is 17.8 Å². The second-order valence-electron chi connectivity index (χ2n) is 4.92. The van der Waals surface area contributed by atoms with Crippen LogP contribution in [0.4, 0.5) is 13.2 Å². The number of carbonyl (C=O) groups excluding carboxylic acids is 1. The lowest BCUT2D eigenvalue weighted by molar-refractivity contribution is -0.220. The fourth-order valence-electron chi connectivity index (χ4n) is 2.57. The molecule has 2 atom stereocenters. The van der Waals surface area contributed by atoms with Gasteiger partial charge in [-0.15, -0.1) is 11.3 Å². The highest BCUT2D eigenvalue weighted by Crippen LogP contribution is 2.32. The van der Waals surface area contributed by atoms with Crippen LogP contribution in [-0.4, -0.2) is 52.2 Å². The molecule has 1 fully saturated rings. The van der Waals surface area contributed by atoms with E-state index < -0.39 is 24.2 Å². The van der Waals surface area contributed by atoms with E-state index in [1.54, 1.807) is 11.4 Å². The van der Waals surface area contributed by atoms with E-state index >= 15 is 0 Å². The van der Waals surface area contributed by atoms with Crippen LogP contribution >= 0.6 is 11.3 Å². The molecule has 0 aromatic carbocycles. The Labute approximate surface area is 127 Å². The Morgan fingerprint density at radius 2 is 2.23 bits per heavy atom. The lowest BCUT2D eigenvalue weighted by Crippen LogP contribution is -2.59. The maximum atomic E-state index is 13.3. The van der Waals surface area contributed by atoms with Gasteiger partial charge in [-0.3, -0.25) is 4.79 Å². The summed E-state index contributed by atoms with van der Waals surface area (Å²) in [6, 6.07) is -0.277. The number of fused-ring (bicyclic) bond motifs is 1. The van der Waals surface area contributed by atoms with Gasteiger partial charge in [0.2, 0.25) is 0 Å². The summed E-state index contributed by atoms with van der Waals surface area (Å²) in [5.41, 5.74) is 0.552. The van der Waals surface area contributed by atoms with Crippen molar-refractivity contribution in [3.8, 4) is 0 Å². The average Bonchev–Trinajstić information content (AvgIpc) is 2.93. The summed E-state index contributed by atoms with van der Waals surface area (Å²) in [5, 5.41) is 1.72. The molecular weight excluding hydrogens is 319 g/mol. The van der Waals surface area contributed by atoms with E-state index in [2.05, 4.69) is 9.97 Å². The molecule has 1 saturated heterocycles. The number of amides is 1. The molecule has 9 heteroatoms. The number of hydrogen-bond acceptors (Lipinski definition) is 5. The maximum absolute atomic E-state index is 13.3. The molecule has 1 amide bonds. The van der Waals surface area contributed by atoms with E-state index in [1.165, 1.54) is 24.6 Å². The summed E-state index contributed by atoms with van der Waals surface area (Å²) in [6.45, 7) is 1.26. The first kappa shape index (κ1) is 15.2. The van der Waals surface area contributed by atoms with Crippen LogP contribution in [0.1, 0.15) is 17.4 Å². The molecular formula is C13H12F3N3O2S. The summed E-state index contributed by atoms with van der Waals surface area (Å²) >= 11 is 1.23. The average molecular weight is 331 g/mol. The van der Waals surface area contributed by atoms with Gasteiger partial charge in [0.05, 0.1) is 22.9 Å². The summed E-state index contributed by atoms with van der Waals surface area (Å²) in [4.78, 5) is 21.3. The van der Waals surface area contributed by atoms with Crippen LogP contribution in [0.5, 0.6) is 0 Å². The maximum Gasteiger partial charge on any atom is 0.411 e. The minimum absolute atomic E-state index is 0.00310.